The maximum absolute atomic E-state index is 12.4. The van der Waals surface area contributed by atoms with Crippen LogP contribution in [0, 0.1) is 6.92 Å². The number of rotatable bonds is 13. The van der Waals surface area contributed by atoms with E-state index in [0.29, 0.717) is 5.57 Å². The maximum atomic E-state index is 12.4. The van der Waals surface area contributed by atoms with Crippen molar-refractivity contribution in [3.8, 4) is 11.1 Å². The number of ether oxygens (including phenoxy) is 2. The van der Waals surface area contributed by atoms with Gasteiger partial charge in [-0.1, -0.05) is 75.4 Å². The first-order valence-electron chi connectivity index (χ1n) is 12.5. The Bertz CT molecular complexity index is 1070. The third kappa shape index (κ3) is 8.49. The Balaban J connectivity index is 2.19. The fourth-order valence-corrected chi connectivity index (χ4v) is 3.77. The van der Waals surface area contributed by atoms with Crippen molar-refractivity contribution in [2.75, 3.05) is 13.2 Å². The van der Waals surface area contributed by atoms with E-state index in [1.165, 1.54) is 49.8 Å². The number of aliphatic hydroxyl groups is 1. The van der Waals surface area contributed by atoms with Crippen LogP contribution in [-0.2, 0) is 25.5 Å². The number of carbonyl (C=O) groups is 2. The van der Waals surface area contributed by atoms with Crippen molar-refractivity contribution in [2.45, 2.75) is 71.8 Å². The molecule has 1 atom stereocenters. The summed E-state index contributed by atoms with van der Waals surface area (Å²) >= 11 is 0. The summed E-state index contributed by atoms with van der Waals surface area (Å²) in [7, 11) is 0. The molecule has 0 spiro atoms. The average molecular weight is 493 g/mol. The van der Waals surface area contributed by atoms with E-state index >= 15 is 0 Å². The van der Waals surface area contributed by atoms with Gasteiger partial charge in [0.05, 0.1) is 17.1 Å². The standard InChI is InChI=1S/C31H40O5/c1-8-9-10-11-24-12-17-28(22(4)18-24)26-15-13-25(14-16-26)27(19-35-29(32)21(2)3)20-36-30(33)23(5)31(6,7)34/h12-18,27,34H,2,5,8-11,19-20H2,1,3-4,6-7H3. The van der Waals surface area contributed by atoms with E-state index in [1.54, 1.807) is 6.92 Å². The first-order chi connectivity index (χ1) is 16.9. The molecule has 0 amide bonds. The second kappa shape index (κ2) is 13.2. The lowest BCUT2D eigenvalue weighted by Gasteiger charge is -2.22. The van der Waals surface area contributed by atoms with E-state index < -0.39 is 17.5 Å². The highest BCUT2D eigenvalue weighted by atomic mass is 16.5. The first-order valence-corrected chi connectivity index (χ1v) is 12.5. The molecule has 5 nitrogen and oxygen atoms in total. The molecule has 0 bridgehead atoms. The molecule has 0 aromatic heterocycles. The molecule has 0 aliphatic rings. The highest BCUT2D eigenvalue weighted by Gasteiger charge is 2.26. The van der Waals surface area contributed by atoms with Gasteiger partial charge in [0.25, 0.3) is 0 Å². The first kappa shape index (κ1) is 29.1. The molecule has 0 fully saturated rings. The second-order valence-electron chi connectivity index (χ2n) is 9.94. The molecule has 2 aromatic carbocycles. The van der Waals surface area contributed by atoms with E-state index in [1.807, 2.05) is 24.3 Å². The normalized spacial score (nSPS) is 12.1. The molecule has 0 aliphatic heterocycles. The Hall–Kier alpha value is -3.18. The smallest absolute Gasteiger partial charge is 0.336 e. The highest BCUT2D eigenvalue weighted by molar-refractivity contribution is 5.89. The summed E-state index contributed by atoms with van der Waals surface area (Å²) in [5, 5.41) is 10.0. The Morgan fingerprint density at radius 1 is 0.972 bits per heavy atom. The summed E-state index contributed by atoms with van der Waals surface area (Å²) in [6.07, 6.45) is 4.75. The molecule has 36 heavy (non-hydrogen) atoms. The Labute approximate surface area is 215 Å². The molecule has 0 aliphatic carbocycles. The summed E-state index contributed by atoms with van der Waals surface area (Å²) in [6, 6.07) is 14.6. The molecule has 1 unspecified atom stereocenters. The van der Waals surface area contributed by atoms with E-state index in [-0.39, 0.29) is 24.7 Å². The topological polar surface area (TPSA) is 72.8 Å². The van der Waals surface area contributed by atoms with Gasteiger partial charge in [-0.15, -0.1) is 0 Å². The lowest BCUT2D eigenvalue weighted by atomic mass is 9.93. The van der Waals surface area contributed by atoms with Gasteiger partial charge in [0.1, 0.15) is 13.2 Å². The van der Waals surface area contributed by atoms with Gasteiger partial charge in [-0.3, -0.25) is 0 Å². The van der Waals surface area contributed by atoms with Gasteiger partial charge < -0.3 is 14.6 Å². The average Bonchev–Trinajstić information content (AvgIpc) is 2.83. The summed E-state index contributed by atoms with van der Waals surface area (Å²) in [4.78, 5) is 24.3. The summed E-state index contributed by atoms with van der Waals surface area (Å²) in [6.45, 7) is 16.1. The fourth-order valence-electron chi connectivity index (χ4n) is 3.77. The molecule has 0 heterocycles. The molecular weight excluding hydrogens is 452 g/mol. The van der Waals surface area contributed by atoms with Crippen LogP contribution < -0.4 is 0 Å². The number of aryl methyl sites for hydroxylation is 2. The van der Waals surface area contributed by atoms with Gasteiger partial charge in [0.2, 0.25) is 0 Å². The van der Waals surface area contributed by atoms with Crippen LogP contribution in [0.3, 0.4) is 0 Å². The van der Waals surface area contributed by atoms with Crippen LogP contribution >= 0.6 is 0 Å². The third-order valence-corrected chi connectivity index (χ3v) is 6.22. The number of hydrogen-bond acceptors (Lipinski definition) is 5. The molecule has 2 aromatic rings. The summed E-state index contributed by atoms with van der Waals surface area (Å²) < 4.78 is 10.8. The zero-order chi connectivity index (χ0) is 26.9. The number of unbranched alkanes of at least 4 members (excludes halogenated alkanes) is 2. The van der Waals surface area contributed by atoms with Gasteiger partial charge in [-0.25, -0.2) is 9.59 Å². The van der Waals surface area contributed by atoms with Crippen LogP contribution in [0.15, 0.2) is 66.8 Å². The van der Waals surface area contributed by atoms with Crippen LogP contribution in [0.2, 0.25) is 0 Å². The summed E-state index contributed by atoms with van der Waals surface area (Å²) in [5.41, 5.74) is 4.57. The quantitative estimate of drug-likeness (QED) is 0.197. The van der Waals surface area contributed by atoms with Gasteiger partial charge >= 0.3 is 11.9 Å². The van der Waals surface area contributed by atoms with Crippen LogP contribution in [0.5, 0.6) is 0 Å². The van der Waals surface area contributed by atoms with Crippen molar-refractivity contribution in [2.24, 2.45) is 0 Å². The van der Waals surface area contributed by atoms with Gasteiger partial charge in [-0.05, 0) is 68.4 Å². The minimum absolute atomic E-state index is 0.0256. The van der Waals surface area contributed by atoms with Crippen LogP contribution in [-0.4, -0.2) is 35.9 Å². The van der Waals surface area contributed by atoms with Crippen molar-refractivity contribution >= 4 is 11.9 Å². The van der Waals surface area contributed by atoms with Crippen LogP contribution in [0.25, 0.3) is 11.1 Å². The van der Waals surface area contributed by atoms with Crippen molar-refractivity contribution in [3.63, 3.8) is 0 Å². The molecule has 5 heteroatoms. The third-order valence-electron chi connectivity index (χ3n) is 6.22. The Morgan fingerprint density at radius 2 is 1.58 bits per heavy atom. The minimum atomic E-state index is -1.38. The Kier molecular flexibility index (Phi) is 10.7. The van der Waals surface area contributed by atoms with Gasteiger partial charge in [0, 0.05) is 5.57 Å². The van der Waals surface area contributed by atoms with Crippen molar-refractivity contribution in [3.05, 3.63) is 83.5 Å². The van der Waals surface area contributed by atoms with Gasteiger partial charge in [-0.2, -0.15) is 0 Å². The molecule has 1 N–H and O–H groups in total. The Morgan fingerprint density at radius 3 is 2.11 bits per heavy atom. The molecule has 0 saturated carbocycles. The zero-order valence-electron chi connectivity index (χ0n) is 22.4. The predicted molar refractivity (Wildman–Crippen MR) is 145 cm³/mol. The molecule has 194 valence electrons. The zero-order valence-corrected chi connectivity index (χ0v) is 22.4. The number of hydrogen-bond donors (Lipinski definition) is 1. The van der Waals surface area contributed by atoms with Crippen LogP contribution in [0.1, 0.15) is 69.6 Å². The minimum Gasteiger partial charge on any atom is -0.462 e. The SMILES string of the molecule is C=C(C)C(=O)OCC(COC(=O)C(=C)C(C)(C)O)c1ccc(-c2ccc(CCCCC)cc2C)cc1. The summed E-state index contributed by atoms with van der Waals surface area (Å²) in [5.74, 6) is -1.58. The lowest BCUT2D eigenvalue weighted by Crippen LogP contribution is -2.29. The fraction of sp³-hybridized carbons (Fsp3) is 0.419. The lowest BCUT2D eigenvalue weighted by molar-refractivity contribution is -0.143. The number of esters is 2. The molecule has 0 radical (unpaired) electrons. The van der Waals surface area contributed by atoms with Crippen LogP contribution in [0.4, 0.5) is 0 Å². The van der Waals surface area contributed by atoms with E-state index in [2.05, 4.69) is 45.2 Å². The van der Waals surface area contributed by atoms with Crippen molar-refractivity contribution in [1.29, 1.82) is 0 Å². The largest absolute Gasteiger partial charge is 0.462 e. The van der Waals surface area contributed by atoms with E-state index in [9.17, 15) is 14.7 Å². The highest BCUT2D eigenvalue weighted by Crippen LogP contribution is 2.28. The number of carbonyl (C=O) groups excluding carboxylic acids is 2. The molecular formula is C31H40O5. The van der Waals surface area contributed by atoms with Crippen molar-refractivity contribution < 1.29 is 24.2 Å². The van der Waals surface area contributed by atoms with Gasteiger partial charge in [0.15, 0.2) is 0 Å². The van der Waals surface area contributed by atoms with Crippen molar-refractivity contribution in [1.82, 2.24) is 0 Å². The second-order valence-corrected chi connectivity index (χ2v) is 9.94. The molecule has 0 saturated heterocycles. The molecule has 2 rings (SSSR count). The van der Waals surface area contributed by atoms with E-state index in [0.717, 1.165) is 17.5 Å². The van der Waals surface area contributed by atoms with E-state index in [4.69, 9.17) is 9.47 Å². The number of benzene rings is 2. The predicted octanol–water partition coefficient (Wildman–Crippen LogP) is 6.47. The monoisotopic (exact) mass is 492 g/mol. The maximum Gasteiger partial charge on any atom is 0.336 e.